The topological polar surface area (TPSA) is 78.9 Å². The van der Waals surface area contributed by atoms with Crippen LogP contribution >= 0.6 is 0 Å². The van der Waals surface area contributed by atoms with Crippen LogP contribution in [0.5, 0.6) is 0 Å². The lowest BCUT2D eigenvalue weighted by atomic mass is 9.88. The van der Waals surface area contributed by atoms with Crippen molar-refractivity contribution in [1.82, 2.24) is 10.2 Å². The van der Waals surface area contributed by atoms with Gasteiger partial charge in [-0.25, -0.2) is 4.79 Å². The third kappa shape index (κ3) is 4.09. The first-order chi connectivity index (χ1) is 10.0. The highest BCUT2D eigenvalue weighted by molar-refractivity contribution is 5.75. The highest BCUT2D eigenvalue weighted by Gasteiger charge is 2.43. The lowest BCUT2D eigenvalue weighted by Gasteiger charge is -2.38. The van der Waals surface area contributed by atoms with E-state index in [1.807, 2.05) is 18.7 Å². The fourth-order valence-corrected chi connectivity index (χ4v) is 3.70. The van der Waals surface area contributed by atoms with E-state index in [9.17, 15) is 9.59 Å². The Morgan fingerprint density at radius 3 is 2.48 bits per heavy atom. The summed E-state index contributed by atoms with van der Waals surface area (Å²) in [5.74, 6) is -0.519. The van der Waals surface area contributed by atoms with Gasteiger partial charge in [-0.1, -0.05) is 0 Å². The Balaban J connectivity index is 1.85. The first-order valence-corrected chi connectivity index (χ1v) is 7.90. The van der Waals surface area contributed by atoms with Gasteiger partial charge in [0.2, 0.25) is 0 Å². The van der Waals surface area contributed by atoms with Gasteiger partial charge < -0.3 is 20.1 Å². The molecule has 120 valence electrons. The summed E-state index contributed by atoms with van der Waals surface area (Å²) >= 11 is 0. The average molecular weight is 298 g/mol. The van der Waals surface area contributed by atoms with Gasteiger partial charge in [0.1, 0.15) is 0 Å². The number of fused-ring (bicyclic) bond motifs is 2. The second kappa shape index (κ2) is 7.11. The van der Waals surface area contributed by atoms with Crippen LogP contribution in [0.2, 0.25) is 0 Å². The maximum Gasteiger partial charge on any atom is 0.317 e. The van der Waals surface area contributed by atoms with E-state index in [0.29, 0.717) is 13.2 Å². The van der Waals surface area contributed by atoms with Gasteiger partial charge in [0.05, 0.1) is 6.10 Å². The molecule has 6 heteroatoms. The van der Waals surface area contributed by atoms with Crippen molar-refractivity contribution < 1.29 is 19.4 Å². The Labute approximate surface area is 125 Å². The van der Waals surface area contributed by atoms with Gasteiger partial charge in [-0.2, -0.15) is 0 Å². The highest BCUT2D eigenvalue weighted by Crippen LogP contribution is 2.39. The number of nitrogens with one attached hydrogen (secondary N) is 1. The standard InChI is InChI=1S/C15H26N2O4/c1-3-21-10(2)9-16-15(20)17-12-4-5-13(17)7-11(6-12)8-14(18)19/h10-13H,3-9H2,1-2H3,(H,16,20)(H,18,19). The number of nitrogens with zero attached hydrogens (tertiary/aromatic N) is 1. The average Bonchev–Trinajstić information content (AvgIpc) is 2.67. The lowest BCUT2D eigenvalue weighted by Crippen LogP contribution is -2.52. The molecule has 2 bridgehead atoms. The van der Waals surface area contributed by atoms with Gasteiger partial charge in [0.25, 0.3) is 0 Å². The second-order valence-corrected chi connectivity index (χ2v) is 6.18. The Hall–Kier alpha value is -1.30. The summed E-state index contributed by atoms with van der Waals surface area (Å²) in [4.78, 5) is 25.1. The van der Waals surface area contributed by atoms with E-state index in [-0.39, 0.29) is 36.6 Å². The molecule has 2 aliphatic heterocycles. The zero-order valence-electron chi connectivity index (χ0n) is 12.9. The van der Waals surface area contributed by atoms with Crippen molar-refractivity contribution in [3.05, 3.63) is 0 Å². The van der Waals surface area contributed by atoms with Crippen LogP contribution in [0.4, 0.5) is 4.79 Å². The molecular weight excluding hydrogens is 272 g/mol. The largest absolute Gasteiger partial charge is 0.481 e. The SMILES string of the molecule is CCOC(C)CNC(=O)N1C2CCC1CC(CC(=O)O)C2. The summed E-state index contributed by atoms with van der Waals surface area (Å²) in [7, 11) is 0. The number of rotatable bonds is 6. The van der Waals surface area contributed by atoms with Crippen molar-refractivity contribution in [2.45, 2.75) is 64.1 Å². The van der Waals surface area contributed by atoms with Crippen molar-refractivity contribution in [2.75, 3.05) is 13.2 Å². The van der Waals surface area contributed by atoms with Crippen LogP contribution in [0.3, 0.4) is 0 Å². The number of hydrogen-bond donors (Lipinski definition) is 2. The number of ether oxygens (including phenoxy) is 1. The van der Waals surface area contributed by atoms with Crippen LogP contribution in [-0.2, 0) is 9.53 Å². The van der Waals surface area contributed by atoms with E-state index < -0.39 is 5.97 Å². The number of piperidine rings is 1. The Kier molecular flexibility index (Phi) is 5.45. The minimum Gasteiger partial charge on any atom is -0.481 e. The van der Waals surface area contributed by atoms with Gasteiger partial charge in [0, 0.05) is 31.7 Å². The third-order valence-corrected chi connectivity index (χ3v) is 4.52. The fourth-order valence-electron chi connectivity index (χ4n) is 3.70. The molecule has 6 nitrogen and oxygen atoms in total. The van der Waals surface area contributed by atoms with Crippen molar-refractivity contribution in [3.63, 3.8) is 0 Å². The summed E-state index contributed by atoms with van der Waals surface area (Å²) in [5, 5.41) is 11.9. The van der Waals surface area contributed by atoms with Crippen LogP contribution in [0.15, 0.2) is 0 Å². The molecule has 2 rings (SSSR count). The zero-order chi connectivity index (χ0) is 15.4. The minimum atomic E-state index is -0.733. The van der Waals surface area contributed by atoms with E-state index in [1.54, 1.807) is 0 Å². The van der Waals surface area contributed by atoms with Crippen LogP contribution in [0.25, 0.3) is 0 Å². The molecule has 2 aliphatic rings. The highest BCUT2D eigenvalue weighted by atomic mass is 16.5. The molecule has 2 heterocycles. The summed E-state index contributed by atoms with van der Waals surface area (Å²) in [6.45, 7) is 5.04. The van der Waals surface area contributed by atoms with Crippen LogP contribution in [-0.4, -0.2) is 53.3 Å². The van der Waals surface area contributed by atoms with E-state index in [0.717, 1.165) is 25.7 Å². The van der Waals surface area contributed by atoms with Gasteiger partial charge in [-0.05, 0) is 45.4 Å². The second-order valence-electron chi connectivity index (χ2n) is 6.18. The van der Waals surface area contributed by atoms with E-state index >= 15 is 0 Å². The predicted octanol–water partition coefficient (Wildman–Crippen LogP) is 1.84. The molecule has 0 aromatic carbocycles. The van der Waals surface area contributed by atoms with Crippen LogP contribution < -0.4 is 5.32 Å². The van der Waals surface area contributed by atoms with Gasteiger partial charge in [-0.15, -0.1) is 0 Å². The fraction of sp³-hybridized carbons (Fsp3) is 0.867. The molecule has 0 radical (unpaired) electrons. The normalized spacial score (nSPS) is 29.2. The number of carboxylic acid groups (broad SMARTS) is 1. The van der Waals surface area contributed by atoms with Gasteiger partial charge in [0.15, 0.2) is 0 Å². The first-order valence-electron chi connectivity index (χ1n) is 7.90. The van der Waals surface area contributed by atoms with Crippen LogP contribution in [0.1, 0.15) is 46.0 Å². The molecule has 0 saturated carbocycles. The predicted molar refractivity (Wildman–Crippen MR) is 78.1 cm³/mol. The molecular formula is C15H26N2O4. The molecule has 3 atom stereocenters. The molecule has 2 N–H and O–H groups in total. The van der Waals surface area contributed by atoms with Crippen molar-refractivity contribution >= 4 is 12.0 Å². The van der Waals surface area contributed by atoms with Crippen molar-refractivity contribution in [1.29, 1.82) is 0 Å². The maximum atomic E-state index is 12.3. The van der Waals surface area contributed by atoms with E-state index in [4.69, 9.17) is 9.84 Å². The molecule has 0 spiro atoms. The first kappa shape index (κ1) is 16.1. The van der Waals surface area contributed by atoms with Crippen molar-refractivity contribution in [3.8, 4) is 0 Å². The number of carbonyl (C=O) groups excluding carboxylic acids is 1. The van der Waals surface area contributed by atoms with E-state index in [2.05, 4.69) is 5.32 Å². The molecule has 0 aliphatic carbocycles. The number of carbonyl (C=O) groups is 2. The number of urea groups is 1. The molecule has 2 amide bonds. The Morgan fingerprint density at radius 1 is 1.33 bits per heavy atom. The molecule has 2 saturated heterocycles. The van der Waals surface area contributed by atoms with E-state index in [1.165, 1.54) is 0 Å². The zero-order valence-corrected chi connectivity index (χ0v) is 12.9. The van der Waals surface area contributed by atoms with Crippen molar-refractivity contribution in [2.24, 2.45) is 5.92 Å². The Bertz CT molecular complexity index is 374. The smallest absolute Gasteiger partial charge is 0.317 e. The lowest BCUT2D eigenvalue weighted by molar-refractivity contribution is -0.138. The number of hydrogen-bond acceptors (Lipinski definition) is 3. The van der Waals surface area contributed by atoms with Gasteiger partial charge >= 0.3 is 12.0 Å². The number of aliphatic carboxylic acids is 1. The molecule has 21 heavy (non-hydrogen) atoms. The summed E-state index contributed by atoms with van der Waals surface area (Å²) < 4.78 is 5.41. The summed E-state index contributed by atoms with van der Waals surface area (Å²) in [5.41, 5.74) is 0. The number of carboxylic acids is 1. The monoisotopic (exact) mass is 298 g/mol. The molecule has 0 aromatic rings. The third-order valence-electron chi connectivity index (χ3n) is 4.52. The summed E-state index contributed by atoms with van der Waals surface area (Å²) in [6, 6.07) is 0.383. The Morgan fingerprint density at radius 2 is 1.95 bits per heavy atom. The maximum absolute atomic E-state index is 12.3. The van der Waals surface area contributed by atoms with Gasteiger partial charge in [-0.3, -0.25) is 4.79 Å². The molecule has 3 unspecified atom stereocenters. The quantitative estimate of drug-likeness (QED) is 0.784. The minimum absolute atomic E-state index is 0.0150. The summed E-state index contributed by atoms with van der Waals surface area (Å²) in [6.07, 6.45) is 3.86. The van der Waals surface area contributed by atoms with Crippen LogP contribution in [0, 0.1) is 5.92 Å². The molecule has 2 fully saturated rings. The number of amides is 2. The molecule has 0 aromatic heterocycles.